The first-order valence-corrected chi connectivity index (χ1v) is 6.82. The number of hydrogen-bond donors (Lipinski definition) is 3. The van der Waals surface area contributed by atoms with Crippen molar-refractivity contribution in [3.8, 4) is 5.75 Å². The molecule has 1 rings (SSSR count). The van der Waals surface area contributed by atoms with E-state index >= 15 is 0 Å². The molecule has 3 N–H and O–H groups in total. The number of benzene rings is 1. The smallest absolute Gasteiger partial charge is 0.326 e. The van der Waals surface area contributed by atoms with Gasteiger partial charge in [-0.3, -0.25) is 4.79 Å². The van der Waals surface area contributed by atoms with Crippen LogP contribution < -0.4 is 10.1 Å². The van der Waals surface area contributed by atoms with Gasteiger partial charge in [0.1, 0.15) is 11.8 Å². The number of hydrogen-bond acceptors (Lipinski definition) is 4. The van der Waals surface area contributed by atoms with Gasteiger partial charge in [0.2, 0.25) is 0 Å². The number of rotatable bonds is 7. The summed E-state index contributed by atoms with van der Waals surface area (Å²) in [5.74, 6) is -1.38. The Labute approximate surface area is 128 Å². The summed E-state index contributed by atoms with van der Waals surface area (Å²) in [7, 11) is 0. The highest BCUT2D eigenvalue weighted by Gasteiger charge is 2.19. The molecule has 6 nitrogen and oxygen atoms in total. The van der Waals surface area contributed by atoms with E-state index in [1.54, 1.807) is 18.2 Å². The lowest BCUT2D eigenvalue weighted by Crippen LogP contribution is -2.43. The van der Waals surface area contributed by atoms with Gasteiger partial charge in [-0.2, -0.15) is 0 Å². The van der Waals surface area contributed by atoms with Crippen molar-refractivity contribution in [1.82, 2.24) is 5.32 Å². The van der Waals surface area contributed by atoms with Crippen molar-refractivity contribution in [2.45, 2.75) is 12.5 Å². The number of carboxylic acids is 1. The summed E-state index contributed by atoms with van der Waals surface area (Å²) in [5.41, 5.74) is 0. The quantitative estimate of drug-likeness (QED) is 0.678. The Bertz CT molecular complexity index is 497. The topological polar surface area (TPSA) is 95.9 Å². The maximum absolute atomic E-state index is 11.6. The van der Waals surface area contributed by atoms with Crippen molar-refractivity contribution in [3.05, 3.63) is 27.7 Å². The van der Waals surface area contributed by atoms with E-state index in [9.17, 15) is 9.59 Å². The van der Waals surface area contributed by atoms with E-state index in [1.165, 1.54) is 0 Å². The predicted molar refractivity (Wildman–Crippen MR) is 75.9 cm³/mol. The molecule has 20 heavy (non-hydrogen) atoms. The molecule has 0 spiro atoms. The van der Waals surface area contributed by atoms with Crippen molar-refractivity contribution in [2.75, 3.05) is 13.2 Å². The third-order valence-corrected chi connectivity index (χ3v) is 3.16. The van der Waals surface area contributed by atoms with Crippen LogP contribution in [0.15, 0.2) is 22.7 Å². The normalized spacial score (nSPS) is 11.8. The molecule has 8 heteroatoms. The molecule has 0 aromatic heterocycles. The first kappa shape index (κ1) is 16.7. The molecule has 0 aliphatic rings. The number of aliphatic carboxylic acids is 1. The standard InChI is InChI=1S/C12H13BrClNO5/c13-8-5-7(14)1-2-10(8)20-6-11(17)15-9(3-4-16)12(18)19/h1-2,5,9,16H,3-4,6H2,(H,15,17)(H,18,19)/t9-/m1/s1. The first-order chi connectivity index (χ1) is 9.43. The lowest BCUT2D eigenvalue weighted by Gasteiger charge is -2.14. The Kier molecular flexibility index (Phi) is 6.77. The fourth-order valence-electron chi connectivity index (χ4n) is 1.36. The van der Waals surface area contributed by atoms with Crippen LogP contribution >= 0.6 is 27.5 Å². The molecule has 0 fully saturated rings. The minimum absolute atomic E-state index is 0.0638. The van der Waals surface area contributed by atoms with Gasteiger partial charge in [0, 0.05) is 18.1 Å². The van der Waals surface area contributed by atoms with E-state index in [4.69, 9.17) is 26.6 Å². The molecule has 1 aromatic carbocycles. The summed E-state index contributed by atoms with van der Waals surface area (Å²) in [6.45, 7) is -0.670. The zero-order chi connectivity index (χ0) is 15.1. The molecule has 0 aliphatic heterocycles. The lowest BCUT2D eigenvalue weighted by atomic mass is 10.2. The van der Waals surface area contributed by atoms with E-state index < -0.39 is 17.9 Å². The minimum atomic E-state index is -1.21. The Hall–Kier alpha value is -1.31. The second-order valence-corrected chi connectivity index (χ2v) is 5.12. The fraction of sp³-hybridized carbons (Fsp3) is 0.333. The van der Waals surface area contributed by atoms with Crippen LogP contribution in [0.5, 0.6) is 5.75 Å². The number of carbonyl (C=O) groups is 2. The molecular formula is C12H13BrClNO5. The number of amides is 1. The van der Waals surface area contributed by atoms with Gasteiger partial charge in [-0.05, 0) is 34.1 Å². The summed E-state index contributed by atoms with van der Waals surface area (Å²) >= 11 is 8.99. The highest BCUT2D eigenvalue weighted by molar-refractivity contribution is 9.10. The number of aliphatic hydroxyl groups excluding tert-OH is 1. The van der Waals surface area contributed by atoms with Gasteiger partial charge in [-0.1, -0.05) is 11.6 Å². The van der Waals surface area contributed by atoms with E-state index in [-0.39, 0.29) is 19.6 Å². The van der Waals surface area contributed by atoms with E-state index in [0.717, 1.165) is 0 Å². The average molecular weight is 367 g/mol. The van der Waals surface area contributed by atoms with Crippen LogP contribution in [0.25, 0.3) is 0 Å². The van der Waals surface area contributed by atoms with Crippen molar-refractivity contribution in [1.29, 1.82) is 0 Å². The van der Waals surface area contributed by atoms with Crippen LogP contribution in [0, 0.1) is 0 Å². The molecule has 110 valence electrons. The molecule has 0 aliphatic carbocycles. The molecule has 1 aromatic rings. The summed E-state index contributed by atoms with van der Waals surface area (Å²) in [6.07, 6.45) is -0.0638. The monoisotopic (exact) mass is 365 g/mol. The van der Waals surface area contributed by atoms with Crippen molar-refractivity contribution in [3.63, 3.8) is 0 Å². The molecule has 0 saturated carbocycles. The zero-order valence-corrected chi connectivity index (χ0v) is 12.6. The van der Waals surface area contributed by atoms with Gasteiger partial charge in [-0.15, -0.1) is 0 Å². The van der Waals surface area contributed by atoms with Gasteiger partial charge >= 0.3 is 5.97 Å². The van der Waals surface area contributed by atoms with E-state index in [2.05, 4.69) is 21.2 Å². The van der Waals surface area contributed by atoms with Crippen LogP contribution in [-0.2, 0) is 9.59 Å². The molecule has 0 unspecified atom stereocenters. The third-order valence-electron chi connectivity index (χ3n) is 2.30. The van der Waals surface area contributed by atoms with Gasteiger partial charge in [0.05, 0.1) is 4.47 Å². The SMILES string of the molecule is O=C(COc1ccc(Cl)cc1Br)N[C@H](CCO)C(=O)O. The molecule has 0 heterocycles. The summed E-state index contributed by atoms with van der Waals surface area (Å²) in [6, 6.07) is 3.67. The lowest BCUT2D eigenvalue weighted by molar-refractivity contribution is -0.142. The summed E-state index contributed by atoms with van der Waals surface area (Å²) in [4.78, 5) is 22.4. The molecule has 0 radical (unpaired) electrons. The molecule has 1 amide bonds. The fourth-order valence-corrected chi connectivity index (χ4v) is 2.16. The van der Waals surface area contributed by atoms with Gasteiger partial charge in [-0.25, -0.2) is 4.79 Å². The number of carboxylic acid groups (broad SMARTS) is 1. The molecule has 0 saturated heterocycles. The second kappa shape index (κ2) is 8.08. The number of carbonyl (C=O) groups excluding carboxylic acids is 1. The van der Waals surface area contributed by atoms with Gasteiger partial charge in [0.25, 0.3) is 5.91 Å². The summed E-state index contributed by atoms with van der Waals surface area (Å²) in [5, 5.41) is 20.3. The Morgan fingerprint density at radius 2 is 2.15 bits per heavy atom. The van der Waals surface area contributed by atoms with Crippen LogP contribution in [0.2, 0.25) is 5.02 Å². The maximum atomic E-state index is 11.6. The highest BCUT2D eigenvalue weighted by atomic mass is 79.9. The first-order valence-electron chi connectivity index (χ1n) is 5.65. The number of nitrogens with one attached hydrogen (secondary N) is 1. The predicted octanol–water partition coefficient (Wildman–Crippen LogP) is 1.43. The summed E-state index contributed by atoms with van der Waals surface area (Å²) < 4.78 is 5.83. The molecule has 1 atom stereocenters. The van der Waals surface area contributed by atoms with E-state index in [1.807, 2.05) is 0 Å². The van der Waals surface area contributed by atoms with Crippen molar-refractivity contribution >= 4 is 39.4 Å². The minimum Gasteiger partial charge on any atom is -0.483 e. The van der Waals surface area contributed by atoms with Crippen LogP contribution in [0.1, 0.15) is 6.42 Å². The van der Waals surface area contributed by atoms with Crippen molar-refractivity contribution in [2.24, 2.45) is 0 Å². The highest BCUT2D eigenvalue weighted by Crippen LogP contribution is 2.27. The second-order valence-electron chi connectivity index (χ2n) is 3.83. The largest absolute Gasteiger partial charge is 0.483 e. The Morgan fingerprint density at radius 1 is 1.45 bits per heavy atom. The maximum Gasteiger partial charge on any atom is 0.326 e. The Balaban J connectivity index is 2.52. The van der Waals surface area contributed by atoms with Crippen molar-refractivity contribution < 1.29 is 24.5 Å². The third kappa shape index (κ3) is 5.36. The number of aliphatic hydroxyl groups is 1. The van der Waals surface area contributed by atoms with Gasteiger partial charge < -0.3 is 20.3 Å². The number of halogens is 2. The zero-order valence-electron chi connectivity index (χ0n) is 10.3. The molecular weight excluding hydrogens is 353 g/mol. The Morgan fingerprint density at radius 3 is 2.70 bits per heavy atom. The van der Waals surface area contributed by atoms with Crippen LogP contribution in [-0.4, -0.2) is 41.3 Å². The van der Waals surface area contributed by atoms with Crippen LogP contribution in [0.3, 0.4) is 0 Å². The van der Waals surface area contributed by atoms with E-state index in [0.29, 0.717) is 15.2 Å². The number of ether oxygens (including phenoxy) is 1. The van der Waals surface area contributed by atoms with Gasteiger partial charge in [0.15, 0.2) is 6.61 Å². The van der Waals surface area contributed by atoms with Crippen LogP contribution in [0.4, 0.5) is 0 Å². The molecule has 0 bridgehead atoms. The average Bonchev–Trinajstić information content (AvgIpc) is 2.37.